The monoisotopic (exact) mass is 765 g/mol. The van der Waals surface area contributed by atoms with E-state index in [1.165, 1.54) is 0 Å². The Morgan fingerprint density at radius 1 is 0.600 bits per heavy atom. The summed E-state index contributed by atoms with van der Waals surface area (Å²) in [6.45, 7) is 17.3. The highest BCUT2D eigenvalue weighted by atomic mass is 16.6. The van der Waals surface area contributed by atoms with E-state index in [9.17, 15) is 28.8 Å². The maximum absolute atomic E-state index is 13.6. The minimum atomic E-state index is -1.22. The molecule has 1 aliphatic carbocycles. The number of alkyl carbamates (subject to hydrolysis) is 1. The lowest BCUT2D eigenvalue weighted by molar-refractivity contribution is -0.160. The highest BCUT2D eigenvalue weighted by molar-refractivity contribution is 5.88. The van der Waals surface area contributed by atoms with Crippen molar-refractivity contribution in [3.05, 3.63) is 59.7 Å². The molecule has 2 aromatic rings. The van der Waals surface area contributed by atoms with Crippen LogP contribution in [-0.4, -0.2) is 77.4 Å². The molecule has 3 atom stereocenters. The molecule has 13 heteroatoms. The molecule has 0 saturated heterocycles. The maximum atomic E-state index is 13.6. The molecule has 13 nitrogen and oxygen atoms in total. The van der Waals surface area contributed by atoms with Crippen LogP contribution in [0.15, 0.2) is 48.5 Å². The Hall–Kier alpha value is -4.94. The van der Waals surface area contributed by atoms with Crippen LogP contribution in [0.1, 0.15) is 125 Å². The molecule has 2 aromatic carbocycles. The molecule has 0 radical (unpaired) electrons. The van der Waals surface area contributed by atoms with Gasteiger partial charge in [0, 0.05) is 31.2 Å². The fourth-order valence-corrected chi connectivity index (χ4v) is 6.01. The molecule has 3 rings (SSSR count). The van der Waals surface area contributed by atoms with E-state index in [0.29, 0.717) is 0 Å². The van der Waals surface area contributed by atoms with Gasteiger partial charge in [-0.25, -0.2) is 9.59 Å². The summed E-state index contributed by atoms with van der Waals surface area (Å²) in [4.78, 5) is 78.0. The smallest absolute Gasteiger partial charge is 0.407 e. The van der Waals surface area contributed by atoms with E-state index in [1.54, 1.807) is 69.2 Å². The van der Waals surface area contributed by atoms with Gasteiger partial charge in [-0.2, -0.15) is 0 Å². The van der Waals surface area contributed by atoms with Crippen molar-refractivity contribution < 1.29 is 47.7 Å². The highest BCUT2D eigenvalue weighted by Crippen LogP contribution is 2.44. The molecule has 0 saturated carbocycles. The molecule has 0 bridgehead atoms. The molecule has 0 aliphatic heterocycles. The van der Waals surface area contributed by atoms with Gasteiger partial charge < -0.3 is 34.9 Å². The van der Waals surface area contributed by atoms with Crippen LogP contribution < -0.4 is 16.0 Å². The number of rotatable bonds is 16. The Bertz CT molecular complexity index is 1640. The molecule has 3 N–H and O–H groups in total. The lowest BCUT2D eigenvalue weighted by atomic mass is 9.98. The van der Waals surface area contributed by atoms with Crippen LogP contribution in [-0.2, 0) is 42.9 Å². The second-order valence-corrected chi connectivity index (χ2v) is 16.9. The van der Waals surface area contributed by atoms with Crippen molar-refractivity contribution in [2.24, 2.45) is 0 Å². The van der Waals surface area contributed by atoms with Crippen molar-refractivity contribution in [1.29, 1.82) is 0 Å². The Balaban J connectivity index is 1.71. The summed E-state index contributed by atoms with van der Waals surface area (Å²) in [6, 6.07) is 12.9. The summed E-state index contributed by atoms with van der Waals surface area (Å²) < 4.78 is 21.9. The maximum Gasteiger partial charge on any atom is 0.407 e. The predicted molar refractivity (Wildman–Crippen MR) is 207 cm³/mol. The van der Waals surface area contributed by atoms with E-state index < -0.39 is 70.7 Å². The molecule has 0 aromatic heterocycles. The van der Waals surface area contributed by atoms with Crippen molar-refractivity contribution in [1.82, 2.24) is 16.0 Å². The third kappa shape index (κ3) is 15.4. The number of amides is 3. The molecule has 0 spiro atoms. The molecular formula is C42H59N3O10. The van der Waals surface area contributed by atoms with Gasteiger partial charge in [-0.15, -0.1) is 0 Å². The number of ether oxygens (including phenoxy) is 4. The summed E-state index contributed by atoms with van der Waals surface area (Å²) in [5.74, 6) is -3.09. The van der Waals surface area contributed by atoms with E-state index in [1.807, 2.05) is 48.5 Å². The standard InChI is InChI=1S/C42H59N3O10/c1-26(19-23-35(47)53-40(2,3)4)43-37(49)32(45-39(51)52-25-31-29-17-13-11-15-27(29)28-16-12-14-18-30(28)31)20-22-34(46)44-33(38(50)55-42(8,9)10)21-24-36(48)54-41(5,6)7/h11-18,26,31-33H,19-25H2,1-10H3,(H,43,49)(H,44,46)(H,45,51). The Kier molecular flexibility index (Phi) is 15.4. The van der Waals surface area contributed by atoms with Gasteiger partial charge in [0.15, 0.2) is 0 Å². The van der Waals surface area contributed by atoms with Crippen molar-refractivity contribution in [3.8, 4) is 11.1 Å². The Morgan fingerprint density at radius 3 is 1.58 bits per heavy atom. The zero-order valence-corrected chi connectivity index (χ0v) is 34.0. The van der Waals surface area contributed by atoms with Gasteiger partial charge in [-0.3, -0.25) is 19.2 Å². The van der Waals surface area contributed by atoms with E-state index in [2.05, 4.69) is 16.0 Å². The first kappa shape index (κ1) is 44.5. The van der Waals surface area contributed by atoms with Gasteiger partial charge in [-0.1, -0.05) is 48.5 Å². The number of carbonyl (C=O) groups excluding carboxylic acids is 6. The molecule has 0 heterocycles. The van der Waals surface area contributed by atoms with E-state index >= 15 is 0 Å². The molecule has 302 valence electrons. The molecule has 0 fully saturated rings. The first-order valence-electron chi connectivity index (χ1n) is 18.9. The zero-order valence-electron chi connectivity index (χ0n) is 34.0. The lowest BCUT2D eigenvalue weighted by Gasteiger charge is -2.25. The van der Waals surface area contributed by atoms with Gasteiger partial charge in [0.2, 0.25) is 11.8 Å². The van der Waals surface area contributed by atoms with E-state index in [4.69, 9.17) is 18.9 Å². The second kappa shape index (κ2) is 19.1. The van der Waals surface area contributed by atoms with E-state index in [-0.39, 0.29) is 51.0 Å². The number of fused-ring (bicyclic) bond motifs is 3. The number of benzene rings is 2. The molecular weight excluding hydrogens is 706 g/mol. The highest BCUT2D eigenvalue weighted by Gasteiger charge is 2.32. The zero-order chi connectivity index (χ0) is 41.1. The second-order valence-electron chi connectivity index (χ2n) is 16.9. The molecule has 55 heavy (non-hydrogen) atoms. The van der Waals surface area contributed by atoms with Crippen LogP contribution in [0, 0.1) is 0 Å². The summed E-state index contributed by atoms with van der Waals surface area (Å²) in [5, 5.41) is 8.06. The number of carbonyl (C=O) groups is 6. The number of hydrogen-bond acceptors (Lipinski definition) is 10. The third-order valence-electron chi connectivity index (χ3n) is 8.29. The topological polar surface area (TPSA) is 175 Å². The SMILES string of the molecule is CC(CCC(=O)OC(C)(C)C)NC(=O)C(CCC(=O)NC(CCC(=O)OC(C)(C)C)C(=O)OC(C)(C)C)NC(=O)OCC1c2ccccc2-c2ccccc21. The summed E-state index contributed by atoms with van der Waals surface area (Å²) in [5.41, 5.74) is 1.92. The third-order valence-corrected chi connectivity index (χ3v) is 8.29. The van der Waals surface area contributed by atoms with Crippen molar-refractivity contribution >= 4 is 35.8 Å². The van der Waals surface area contributed by atoms with Crippen LogP contribution in [0.4, 0.5) is 4.79 Å². The number of esters is 3. The molecule has 3 amide bonds. The fraction of sp³-hybridized carbons (Fsp3) is 0.571. The van der Waals surface area contributed by atoms with Gasteiger partial charge in [0.25, 0.3) is 0 Å². The molecule has 1 aliphatic rings. The Morgan fingerprint density at radius 2 is 1.07 bits per heavy atom. The van der Waals surface area contributed by atoms with Gasteiger partial charge in [0.1, 0.15) is 35.5 Å². The average Bonchev–Trinajstić information content (AvgIpc) is 3.37. The average molecular weight is 766 g/mol. The van der Waals surface area contributed by atoms with Crippen molar-refractivity contribution in [2.75, 3.05) is 6.61 Å². The largest absolute Gasteiger partial charge is 0.460 e. The minimum absolute atomic E-state index is 0.0101. The number of nitrogens with one attached hydrogen (secondary N) is 3. The summed E-state index contributed by atoms with van der Waals surface area (Å²) in [7, 11) is 0. The minimum Gasteiger partial charge on any atom is -0.460 e. The van der Waals surface area contributed by atoms with Crippen molar-refractivity contribution in [3.63, 3.8) is 0 Å². The number of hydrogen-bond donors (Lipinski definition) is 3. The van der Waals surface area contributed by atoms with Gasteiger partial charge in [-0.05, 0) is 111 Å². The molecule has 3 unspecified atom stereocenters. The van der Waals surface area contributed by atoms with Crippen LogP contribution in [0.5, 0.6) is 0 Å². The normalized spacial score (nSPS) is 14.3. The van der Waals surface area contributed by atoms with E-state index in [0.717, 1.165) is 22.3 Å². The predicted octanol–water partition coefficient (Wildman–Crippen LogP) is 6.25. The van der Waals surface area contributed by atoms with Gasteiger partial charge in [0.05, 0.1) is 0 Å². The first-order valence-corrected chi connectivity index (χ1v) is 18.9. The summed E-state index contributed by atoms with van der Waals surface area (Å²) >= 11 is 0. The fourth-order valence-electron chi connectivity index (χ4n) is 6.01. The van der Waals surface area contributed by atoms with Crippen LogP contribution >= 0.6 is 0 Å². The first-order chi connectivity index (χ1) is 25.5. The van der Waals surface area contributed by atoms with Crippen LogP contribution in [0.25, 0.3) is 11.1 Å². The van der Waals surface area contributed by atoms with Crippen molar-refractivity contribution in [2.45, 2.75) is 149 Å². The lowest BCUT2D eigenvalue weighted by Crippen LogP contribution is -2.50. The van der Waals surface area contributed by atoms with Gasteiger partial charge >= 0.3 is 24.0 Å². The van der Waals surface area contributed by atoms with Crippen LogP contribution in [0.3, 0.4) is 0 Å². The quantitative estimate of drug-likeness (QED) is 0.131. The summed E-state index contributed by atoms with van der Waals surface area (Å²) in [6.07, 6.45) is -1.19. The Labute approximate surface area is 325 Å². The van der Waals surface area contributed by atoms with Crippen LogP contribution in [0.2, 0.25) is 0 Å².